The smallest absolute Gasteiger partial charge is 0.338 e. The molecule has 0 amide bonds. The molecule has 0 saturated heterocycles. The van der Waals surface area contributed by atoms with E-state index in [0.29, 0.717) is 18.8 Å². The monoisotopic (exact) mass is 286 g/mol. The van der Waals surface area contributed by atoms with Crippen LogP contribution in [0.1, 0.15) is 48.7 Å². The van der Waals surface area contributed by atoms with Gasteiger partial charge in [-0.25, -0.2) is 13.2 Å². The van der Waals surface area contributed by atoms with Crippen LogP contribution in [0.2, 0.25) is 0 Å². The van der Waals surface area contributed by atoms with Crippen molar-refractivity contribution >= 4 is 15.8 Å². The number of hydrogen-bond donors (Lipinski definition) is 1. The van der Waals surface area contributed by atoms with Crippen LogP contribution < -0.4 is 0 Å². The maximum absolute atomic E-state index is 12.3. The molecule has 2 atom stereocenters. The summed E-state index contributed by atoms with van der Waals surface area (Å²) in [5.41, 5.74) is -0.0118. The second-order valence-corrected chi connectivity index (χ2v) is 7.59. The fraction of sp³-hybridized carbons (Fsp3) is 0.615. The fourth-order valence-electron chi connectivity index (χ4n) is 2.59. The van der Waals surface area contributed by atoms with Gasteiger partial charge in [-0.3, -0.25) is 0 Å². The third kappa shape index (κ3) is 3.37. The van der Waals surface area contributed by atoms with Crippen molar-refractivity contribution in [3.05, 3.63) is 23.7 Å². The predicted octanol–water partition coefficient (Wildman–Crippen LogP) is 2.47. The maximum atomic E-state index is 12.3. The van der Waals surface area contributed by atoms with Gasteiger partial charge in [0.25, 0.3) is 0 Å². The van der Waals surface area contributed by atoms with Crippen molar-refractivity contribution in [1.29, 1.82) is 0 Å². The second kappa shape index (κ2) is 5.36. The zero-order valence-corrected chi connectivity index (χ0v) is 11.6. The van der Waals surface area contributed by atoms with E-state index >= 15 is 0 Å². The molecule has 1 aliphatic carbocycles. The van der Waals surface area contributed by atoms with Gasteiger partial charge in [-0.1, -0.05) is 19.8 Å². The van der Waals surface area contributed by atoms with Crippen molar-refractivity contribution < 1.29 is 22.7 Å². The first-order valence-electron chi connectivity index (χ1n) is 6.41. The summed E-state index contributed by atoms with van der Waals surface area (Å²) in [4.78, 5) is 10.7. The molecule has 5 nitrogen and oxygen atoms in total. The molecule has 1 N–H and O–H groups in total. The number of sulfone groups is 1. The number of carboxylic acid groups (broad SMARTS) is 1. The van der Waals surface area contributed by atoms with Gasteiger partial charge in [0.1, 0.15) is 17.8 Å². The highest BCUT2D eigenvalue weighted by atomic mass is 32.2. The van der Waals surface area contributed by atoms with Crippen molar-refractivity contribution in [3.63, 3.8) is 0 Å². The summed E-state index contributed by atoms with van der Waals surface area (Å²) in [7, 11) is -3.27. The van der Waals surface area contributed by atoms with Crippen molar-refractivity contribution in [2.75, 3.05) is 0 Å². The molecule has 6 heteroatoms. The number of aromatic carboxylic acids is 1. The van der Waals surface area contributed by atoms with E-state index in [0.717, 1.165) is 19.1 Å². The average molecular weight is 286 g/mol. The number of carbonyl (C=O) groups is 1. The molecule has 1 aromatic heterocycles. The van der Waals surface area contributed by atoms with Crippen LogP contribution in [-0.4, -0.2) is 24.7 Å². The molecule has 0 aromatic carbocycles. The fourth-order valence-corrected chi connectivity index (χ4v) is 4.52. The van der Waals surface area contributed by atoms with E-state index in [9.17, 15) is 13.2 Å². The lowest BCUT2D eigenvalue weighted by molar-refractivity contribution is 0.0696. The average Bonchev–Trinajstić information content (AvgIpc) is 2.77. The molecular weight excluding hydrogens is 268 g/mol. The second-order valence-electron chi connectivity index (χ2n) is 5.31. The van der Waals surface area contributed by atoms with Crippen LogP contribution in [0.25, 0.3) is 0 Å². The Morgan fingerprint density at radius 1 is 1.47 bits per heavy atom. The van der Waals surface area contributed by atoms with Crippen LogP contribution in [0.15, 0.2) is 16.7 Å². The largest absolute Gasteiger partial charge is 0.478 e. The van der Waals surface area contributed by atoms with Gasteiger partial charge in [-0.2, -0.15) is 0 Å². The highest BCUT2D eigenvalue weighted by molar-refractivity contribution is 7.91. The third-order valence-electron chi connectivity index (χ3n) is 3.64. The summed E-state index contributed by atoms with van der Waals surface area (Å²) in [6, 6.07) is 1.28. The van der Waals surface area contributed by atoms with E-state index in [2.05, 4.69) is 6.92 Å². The number of carboxylic acids is 1. The number of hydrogen-bond acceptors (Lipinski definition) is 4. The molecular formula is C13H18O5S. The molecule has 1 heterocycles. The molecule has 2 unspecified atom stereocenters. The number of rotatable bonds is 4. The van der Waals surface area contributed by atoms with Crippen LogP contribution in [0.3, 0.4) is 0 Å². The van der Waals surface area contributed by atoms with E-state index in [1.165, 1.54) is 6.07 Å². The molecule has 1 fully saturated rings. The van der Waals surface area contributed by atoms with Crippen LogP contribution in [0.5, 0.6) is 0 Å². The summed E-state index contributed by atoms with van der Waals surface area (Å²) in [6.07, 6.45) is 4.48. The van der Waals surface area contributed by atoms with Gasteiger partial charge in [0.05, 0.1) is 10.8 Å². The maximum Gasteiger partial charge on any atom is 0.338 e. The zero-order valence-electron chi connectivity index (χ0n) is 10.8. The predicted molar refractivity (Wildman–Crippen MR) is 69.7 cm³/mol. The summed E-state index contributed by atoms with van der Waals surface area (Å²) in [5.74, 6) is -0.688. The van der Waals surface area contributed by atoms with E-state index in [-0.39, 0.29) is 22.3 Å². The van der Waals surface area contributed by atoms with E-state index in [1.807, 2.05) is 0 Å². The quantitative estimate of drug-likeness (QED) is 0.919. The van der Waals surface area contributed by atoms with E-state index < -0.39 is 15.8 Å². The van der Waals surface area contributed by atoms with Crippen LogP contribution in [0.4, 0.5) is 0 Å². The van der Waals surface area contributed by atoms with Crippen molar-refractivity contribution in [2.24, 2.45) is 5.92 Å². The Kier molecular flexibility index (Phi) is 3.99. The van der Waals surface area contributed by atoms with Gasteiger partial charge in [-0.05, 0) is 24.8 Å². The van der Waals surface area contributed by atoms with Gasteiger partial charge < -0.3 is 9.52 Å². The first-order chi connectivity index (χ1) is 8.88. The first-order valence-corrected chi connectivity index (χ1v) is 8.12. The molecule has 1 aromatic rings. The summed E-state index contributed by atoms with van der Waals surface area (Å²) >= 11 is 0. The van der Waals surface area contributed by atoms with Gasteiger partial charge in [0.15, 0.2) is 9.84 Å². The highest BCUT2D eigenvalue weighted by Gasteiger charge is 2.31. The lowest BCUT2D eigenvalue weighted by Crippen LogP contribution is -2.28. The first kappa shape index (κ1) is 14.1. The molecule has 0 aliphatic heterocycles. The van der Waals surface area contributed by atoms with E-state index in [4.69, 9.17) is 9.52 Å². The third-order valence-corrected chi connectivity index (χ3v) is 5.77. The molecule has 106 valence electrons. The Labute approximate surface area is 112 Å². The molecule has 0 radical (unpaired) electrons. The minimum atomic E-state index is -3.27. The summed E-state index contributed by atoms with van der Waals surface area (Å²) in [6.45, 7) is 2.07. The van der Waals surface area contributed by atoms with Crippen molar-refractivity contribution in [3.8, 4) is 0 Å². The zero-order chi connectivity index (χ0) is 14.0. The minimum Gasteiger partial charge on any atom is -0.478 e. The van der Waals surface area contributed by atoms with Crippen molar-refractivity contribution in [2.45, 2.75) is 43.6 Å². The van der Waals surface area contributed by atoms with Crippen LogP contribution >= 0.6 is 0 Å². The standard InChI is InChI=1S/C13H18O5S/c1-9-3-2-4-12(5-9)19(16,17)8-11-6-10(7-18-11)13(14)15/h6-7,9,12H,2-5,8H2,1H3,(H,14,15). The molecule has 0 spiro atoms. The molecule has 19 heavy (non-hydrogen) atoms. The minimum absolute atomic E-state index is 0.0118. The summed E-state index contributed by atoms with van der Waals surface area (Å²) in [5, 5.41) is 8.45. The Morgan fingerprint density at radius 2 is 2.21 bits per heavy atom. The van der Waals surface area contributed by atoms with E-state index in [1.54, 1.807) is 0 Å². The lowest BCUT2D eigenvalue weighted by atomic mass is 9.91. The highest BCUT2D eigenvalue weighted by Crippen LogP contribution is 2.30. The molecule has 2 rings (SSSR count). The summed E-state index contributed by atoms with van der Waals surface area (Å²) < 4.78 is 29.6. The number of furan rings is 1. The Balaban J connectivity index is 2.09. The van der Waals surface area contributed by atoms with Crippen LogP contribution in [-0.2, 0) is 15.6 Å². The lowest BCUT2D eigenvalue weighted by Gasteiger charge is -2.26. The topological polar surface area (TPSA) is 84.6 Å². The molecule has 1 aliphatic rings. The van der Waals surface area contributed by atoms with Gasteiger partial charge in [0.2, 0.25) is 0 Å². The van der Waals surface area contributed by atoms with Crippen LogP contribution in [0, 0.1) is 5.92 Å². The van der Waals surface area contributed by atoms with Gasteiger partial charge >= 0.3 is 5.97 Å². The SMILES string of the molecule is CC1CCCC(S(=O)(=O)Cc2cc(C(=O)O)co2)C1. The normalized spacial score (nSPS) is 24.3. The van der Waals surface area contributed by atoms with Gasteiger partial charge in [0, 0.05) is 0 Å². The Bertz CT molecular complexity index is 557. The van der Waals surface area contributed by atoms with Gasteiger partial charge in [-0.15, -0.1) is 0 Å². The molecule has 1 saturated carbocycles. The molecule has 0 bridgehead atoms. The van der Waals surface area contributed by atoms with Crippen molar-refractivity contribution in [1.82, 2.24) is 0 Å². The Morgan fingerprint density at radius 3 is 2.79 bits per heavy atom. The Hall–Kier alpha value is -1.30.